The Morgan fingerprint density at radius 2 is 1.58 bits per heavy atom. The van der Waals surface area contributed by atoms with Gasteiger partial charge in [-0.1, -0.05) is 0 Å². The molecule has 9 heteroatoms. The Hall–Kier alpha value is -3.81. The monoisotopic (exact) mass is 499 g/mol. The van der Waals surface area contributed by atoms with E-state index in [1.807, 2.05) is 60.1 Å². The minimum absolute atomic E-state index is 0.0266. The standard InChI is InChI=1S/C24H17N7OSe/c1-14-18-22(31(28-14)16-10-6-3-7-11-16)27-23-20(26-18)19-21(33-23)24(32)30-13-29(12-17(30)25-19)15-8-4-2-5-9-15/h2-11H,12-13H2,1H3. The molecule has 0 atom stereocenters. The summed E-state index contributed by atoms with van der Waals surface area (Å²) in [5.41, 5.74) is 5.73. The summed E-state index contributed by atoms with van der Waals surface area (Å²) in [7, 11) is 0. The Kier molecular flexibility index (Phi) is 3.88. The van der Waals surface area contributed by atoms with Gasteiger partial charge in [-0.2, -0.15) is 0 Å². The van der Waals surface area contributed by atoms with Crippen LogP contribution in [-0.4, -0.2) is 43.8 Å². The van der Waals surface area contributed by atoms with Crippen LogP contribution in [0.4, 0.5) is 5.69 Å². The van der Waals surface area contributed by atoms with Gasteiger partial charge in [0.05, 0.1) is 0 Å². The van der Waals surface area contributed by atoms with Gasteiger partial charge in [0.1, 0.15) is 0 Å². The quantitative estimate of drug-likeness (QED) is 0.342. The first kappa shape index (κ1) is 18.7. The van der Waals surface area contributed by atoms with Crippen molar-refractivity contribution in [3.05, 3.63) is 82.5 Å². The number of rotatable bonds is 2. The van der Waals surface area contributed by atoms with E-state index >= 15 is 0 Å². The van der Waals surface area contributed by atoms with E-state index < -0.39 is 0 Å². The summed E-state index contributed by atoms with van der Waals surface area (Å²) in [6.07, 6.45) is 0. The maximum atomic E-state index is 13.4. The van der Waals surface area contributed by atoms with E-state index in [1.165, 1.54) is 0 Å². The topological polar surface area (TPSA) is 81.7 Å². The van der Waals surface area contributed by atoms with E-state index in [4.69, 9.17) is 15.0 Å². The summed E-state index contributed by atoms with van der Waals surface area (Å²) in [4.78, 5) is 30.4. The normalized spacial score (nSPS) is 13.4. The van der Waals surface area contributed by atoms with Crippen LogP contribution in [0.3, 0.4) is 0 Å². The van der Waals surface area contributed by atoms with Crippen LogP contribution in [0.1, 0.15) is 11.5 Å². The van der Waals surface area contributed by atoms with Crippen LogP contribution >= 0.6 is 0 Å². The van der Waals surface area contributed by atoms with Crippen LogP contribution in [-0.2, 0) is 13.2 Å². The van der Waals surface area contributed by atoms with E-state index in [9.17, 15) is 4.79 Å². The number of benzene rings is 2. The Bertz CT molecular complexity index is 1750. The molecule has 7 rings (SSSR count). The van der Waals surface area contributed by atoms with Crippen molar-refractivity contribution in [2.45, 2.75) is 20.1 Å². The molecule has 8 nitrogen and oxygen atoms in total. The van der Waals surface area contributed by atoms with Gasteiger partial charge in [-0.3, -0.25) is 0 Å². The predicted molar refractivity (Wildman–Crippen MR) is 128 cm³/mol. The second kappa shape index (κ2) is 6.84. The van der Waals surface area contributed by atoms with Gasteiger partial charge in [0.2, 0.25) is 0 Å². The van der Waals surface area contributed by atoms with Crippen LogP contribution in [0.5, 0.6) is 0 Å². The maximum absolute atomic E-state index is 13.4. The zero-order valence-corrected chi connectivity index (χ0v) is 19.3. The number of anilines is 1. The van der Waals surface area contributed by atoms with Crippen molar-refractivity contribution in [3.8, 4) is 5.69 Å². The van der Waals surface area contributed by atoms with Gasteiger partial charge >= 0.3 is 194 Å². The Morgan fingerprint density at radius 3 is 2.33 bits per heavy atom. The number of aryl methyl sites for hydroxylation is 1. The van der Waals surface area contributed by atoms with Crippen molar-refractivity contribution < 1.29 is 0 Å². The van der Waals surface area contributed by atoms with Crippen molar-refractivity contribution in [1.29, 1.82) is 0 Å². The van der Waals surface area contributed by atoms with Crippen LogP contribution < -0.4 is 10.5 Å². The number of fused-ring (bicyclic) bond motifs is 5. The summed E-state index contributed by atoms with van der Waals surface area (Å²) < 4.78 is 5.20. The first-order valence-electron chi connectivity index (χ1n) is 10.6. The van der Waals surface area contributed by atoms with Crippen molar-refractivity contribution in [3.63, 3.8) is 0 Å². The second-order valence-corrected chi connectivity index (χ2v) is 10.2. The molecule has 0 unspecified atom stereocenters. The number of hydrogen-bond acceptors (Lipinski definition) is 6. The molecule has 160 valence electrons. The average Bonchev–Trinajstić information content (AvgIpc) is 3.53. The molecule has 0 spiro atoms. The van der Waals surface area contributed by atoms with E-state index in [2.05, 4.69) is 22.1 Å². The summed E-state index contributed by atoms with van der Waals surface area (Å²) in [5.74, 6) is 0.768. The fourth-order valence-electron chi connectivity index (χ4n) is 4.42. The Labute approximate surface area is 193 Å². The van der Waals surface area contributed by atoms with Gasteiger partial charge in [-0.05, 0) is 0 Å². The van der Waals surface area contributed by atoms with Crippen molar-refractivity contribution in [2.75, 3.05) is 4.90 Å². The first-order valence-corrected chi connectivity index (χ1v) is 12.3. The molecule has 33 heavy (non-hydrogen) atoms. The van der Waals surface area contributed by atoms with E-state index in [-0.39, 0.29) is 20.1 Å². The summed E-state index contributed by atoms with van der Waals surface area (Å²) >= 11 is -0.252. The first-order chi connectivity index (χ1) is 16.2. The van der Waals surface area contributed by atoms with E-state index in [0.29, 0.717) is 18.7 Å². The molecule has 0 amide bonds. The van der Waals surface area contributed by atoms with Gasteiger partial charge < -0.3 is 0 Å². The van der Waals surface area contributed by atoms with Gasteiger partial charge in [-0.25, -0.2) is 0 Å². The average molecular weight is 498 g/mol. The zero-order chi connectivity index (χ0) is 22.1. The summed E-state index contributed by atoms with van der Waals surface area (Å²) in [6.45, 7) is 3.04. The Balaban J connectivity index is 1.43. The van der Waals surface area contributed by atoms with Gasteiger partial charge in [0.15, 0.2) is 0 Å². The molecular weight excluding hydrogens is 481 g/mol. The minimum atomic E-state index is -0.252. The molecule has 1 aliphatic heterocycles. The number of nitrogens with zero attached hydrogens (tertiary/aromatic N) is 7. The third kappa shape index (κ3) is 2.73. The van der Waals surface area contributed by atoms with Crippen LogP contribution in [0.25, 0.3) is 36.5 Å². The zero-order valence-electron chi connectivity index (χ0n) is 17.6. The van der Waals surface area contributed by atoms with E-state index in [1.54, 1.807) is 4.57 Å². The Morgan fingerprint density at radius 1 is 0.848 bits per heavy atom. The van der Waals surface area contributed by atoms with Gasteiger partial charge in [0.25, 0.3) is 0 Å². The number of para-hydroxylation sites is 2. The molecule has 4 aromatic heterocycles. The van der Waals surface area contributed by atoms with Gasteiger partial charge in [-0.15, -0.1) is 0 Å². The summed E-state index contributed by atoms with van der Waals surface area (Å²) in [5, 5.41) is 4.68. The fourth-order valence-corrected chi connectivity index (χ4v) is 6.52. The molecule has 0 N–H and O–H groups in total. The molecule has 0 fully saturated rings. The van der Waals surface area contributed by atoms with Crippen molar-refractivity contribution >= 4 is 51.0 Å². The van der Waals surface area contributed by atoms with Crippen molar-refractivity contribution in [1.82, 2.24) is 29.3 Å². The predicted octanol–water partition coefficient (Wildman–Crippen LogP) is 3.02. The number of aromatic nitrogens is 6. The van der Waals surface area contributed by atoms with Crippen LogP contribution in [0.15, 0.2) is 65.5 Å². The van der Waals surface area contributed by atoms with E-state index in [0.717, 1.165) is 48.2 Å². The molecule has 2 aromatic carbocycles. The molecular formula is C24H17N7OSe. The third-order valence-corrected chi connectivity index (χ3v) is 8.24. The molecule has 0 aliphatic carbocycles. The molecule has 1 aliphatic rings. The molecule has 0 bridgehead atoms. The molecule has 0 radical (unpaired) electrons. The molecule has 5 heterocycles. The van der Waals surface area contributed by atoms with Crippen molar-refractivity contribution in [2.24, 2.45) is 0 Å². The fraction of sp³-hybridized carbons (Fsp3) is 0.125. The summed E-state index contributed by atoms with van der Waals surface area (Å²) in [6, 6.07) is 20.0. The third-order valence-electron chi connectivity index (χ3n) is 6.04. The second-order valence-electron chi connectivity index (χ2n) is 8.10. The molecule has 0 saturated heterocycles. The van der Waals surface area contributed by atoms with Gasteiger partial charge in [0, 0.05) is 0 Å². The SMILES string of the molecule is Cc1nn(-c2ccccc2)c2nc3[se]c4c(=O)n5c(nc4c3nc12)CN(c1ccccc1)C5. The molecule has 0 saturated carbocycles. The van der Waals surface area contributed by atoms with Crippen LogP contribution in [0, 0.1) is 6.92 Å². The number of hydrogen-bond donors (Lipinski definition) is 0. The molecule has 6 aromatic rings. The van der Waals surface area contributed by atoms with Crippen LogP contribution in [0.2, 0.25) is 0 Å².